The molecule has 1 aliphatic rings. The van der Waals surface area contributed by atoms with Crippen molar-refractivity contribution in [2.75, 3.05) is 7.11 Å². The number of hydrogen-bond acceptors (Lipinski definition) is 4. The van der Waals surface area contributed by atoms with Crippen molar-refractivity contribution in [3.05, 3.63) is 87.0 Å². The van der Waals surface area contributed by atoms with Crippen LogP contribution in [0.4, 0.5) is 0 Å². The number of methoxy groups -OCH3 is 1. The molecular formula is C37H51NO4. The molecule has 0 unspecified atom stereocenters. The maximum Gasteiger partial charge on any atom is 0.246 e. The number of phenolic OH excluding ortho intramolecular Hbond substituents is 1. The number of aromatic hydroxyl groups is 1. The van der Waals surface area contributed by atoms with E-state index in [0.29, 0.717) is 12.3 Å². The number of nitrogens with one attached hydrogen (secondary N) is 1. The maximum atomic E-state index is 12.5. The molecule has 1 amide bonds. The molecule has 228 valence electrons. The minimum atomic E-state index is -0.182. The van der Waals surface area contributed by atoms with Crippen molar-refractivity contribution in [1.29, 1.82) is 0 Å². The molecule has 1 heterocycles. The number of benzene rings is 2. The number of rotatable bonds is 13. The largest absolute Gasteiger partial charge is 0.507 e. The summed E-state index contributed by atoms with van der Waals surface area (Å²) in [6, 6.07) is 7.74. The van der Waals surface area contributed by atoms with Crippen LogP contribution in [0.2, 0.25) is 0 Å². The van der Waals surface area contributed by atoms with Crippen LogP contribution >= 0.6 is 0 Å². The second-order valence-corrected chi connectivity index (χ2v) is 12.2. The summed E-state index contributed by atoms with van der Waals surface area (Å²) in [5.41, 5.74) is 8.47. The van der Waals surface area contributed by atoms with Crippen LogP contribution in [0, 0.1) is 20.8 Å². The summed E-state index contributed by atoms with van der Waals surface area (Å²) in [6.07, 6.45) is 14.5. The van der Waals surface area contributed by atoms with Gasteiger partial charge in [-0.05, 0) is 134 Å². The summed E-state index contributed by atoms with van der Waals surface area (Å²) in [5, 5.41) is 13.4. The van der Waals surface area contributed by atoms with Crippen LogP contribution in [0.1, 0.15) is 100 Å². The van der Waals surface area contributed by atoms with E-state index in [4.69, 9.17) is 9.47 Å². The minimum absolute atomic E-state index is 0.0310. The molecule has 5 nitrogen and oxygen atoms in total. The summed E-state index contributed by atoms with van der Waals surface area (Å²) in [5.74, 6) is 2.16. The van der Waals surface area contributed by atoms with Gasteiger partial charge in [0.2, 0.25) is 5.91 Å². The standard InChI is InChI=1S/C37H51NO4/c1-25(15-10-17-27(3)36(40)38-24-31-18-11-19-32(23-31)41-8)13-9-14-26(2)16-12-21-37(7)22-20-33-30(6)34(39)28(4)29(5)35(33)42-37/h11,13,16-19,23,39H,9-10,12,14-15,20-22,24H2,1-8H3,(H,38,40)/b25-13+,26-16+,27-17+/t37-/m1/s1. The van der Waals surface area contributed by atoms with E-state index in [1.54, 1.807) is 7.11 Å². The highest BCUT2D eigenvalue weighted by atomic mass is 16.5. The molecular weight excluding hydrogens is 522 g/mol. The van der Waals surface area contributed by atoms with Crippen molar-refractivity contribution < 1.29 is 19.4 Å². The number of carbonyl (C=O) groups is 1. The van der Waals surface area contributed by atoms with Gasteiger partial charge in [-0.15, -0.1) is 0 Å². The van der Waals surface area contributed by atoms with Crippen LogP contribution in [0.5, 0.6) is 17.2 Å². The average molecular weight is 574 g/mol. The van der Waals surface area contributed by atoms with Gasteiger partial charge in [0.15, 0.2) is 0 Å². The van der Waals surface area contributed by atoms with Crippen LogP contribution in [0.25, 0.3) is 0 Å². The molecule has 1 atom stereocenters. The first-order chi connectivity index (χ1) is 19.9. The van der Waals surface area contributed by atoms with Crippen molar-refractivity contribution >= 4 is 5.91 Å². The summed E-state index contributed by atoms with van der Waals surface area (Å²) in [6.45, 7) is 15.0. The first-order valence-corrected chi connectivity index (χ1v) is 15.3. The number of amides is 1. The number of fused-ring (bicyclic) bond motifs is 1. The van der Waals surface area contributed by atoms with Crippen molar-refractivity contribution in [3.8, 4) is 17.2 Å². The average Bonchev–Trinajstić information content (AvgIpc) is 2.97. The molecule has 0 aromatic heterocycles. The highest BCUT2D eigenvalue weighted by Gasteiger charge is 2.34. The Morgan fingerprint density at radius 3 is 2.36 bits per heavy atom. The van der Waals surface area contributed by atoms with Gasteiger partial charge in [0.1, 0.15) is 22.8 Å². The van der Waals surface area contributed by atoms with E-state index in [0.717, 1.165) is 90.7 Å². The highest BCUT2D eigenvalue weighted by molar-refractivity contribution is 5.92. The number of ether oxygens (including phenoxy) is 2. The molecule has 0 saturated heterocycles. The number of carbonyl (C=O) groups excluding carboxylic acids is 1. The first kappa shape index (κ1) is 33.0. The third-order valence-electron chi connectivity index (χ3n) is 8.72. The third-order valence-corrected chi connectivity index (χ3v) is 8.72. The molecule has 3 rings (SSSR count). The zero-order chi connectivity index (χ0) is 30.9. The van der Waals surface area contributed by atoms with Crippen molar-refractivity contribution in [1.82, 2.24) is 5.32 Å². The Hall–Kier alpha value is -3.47. The fourth-order valence-electron chi connectivity index (χ4n) is 5.56. The van der Waals surface area contributed by atoms with Crippen LogP contribution < -0.4 is 14.8 Å². The fraction of sp³-hybridized carbons (Fsp3) is 0.486. The molecule has 0 aliphatic carbocycles. The Morgan fingerprint density at radius 2 is 1.67 bits per heavy atom. The molecule has 0 spiro atoms. The highest BCUT2D eigenvalue weighted by Crippen LogP contribution is 2.44. The van der Waals surface area contributed by atoms with E-state index in [-0.39, 0.29) is 11.5 Å². The Morgan fingerprint density at radius 1 is 1.00 bits per heavy atom. The van der Waals surface area contributed by atoms with Gasteiger partial charge in [-0.3, -0.25) is 4.79 Å². The van der Waals surface area contributed by atoms with Gasteiger partial charge >= 0.3 is 0 Å². The molecule has 2 aromatic carbocycles. The molecule has 42 heavy (non-hydrogen) atoms. The number of hydrogen-bond donors (Lipinski definition) is 2. The summed E-state index contributed by atoms with van der Waals surface area (Å²) >= 11 is 0. The normalized spacial score (nSPS) is 17.5. The lowest BCUT2D eigenvalue weighted by molar-refractivity contribution is -0.117. The lowest BCUT2D eigenvalue weighted by Gasteiger charge is -2.38. The summed E-state index contributed by atoms with van der Waals surface area (Å²) in [4.78, 5) is 12.5. The molecule has 0 fully saturated rings. The van der Waals surface area contributed by atoms with E-state index < -0.39 is 0 Å². The fourth-order valence-corrected chi connectivity index (χ4v) is 5.56. The van der Waals surface area contributed by atoms with Gasteiger partial charge in [0.25, 0.3) is 0 Å². The lowest BCUT2D eigenvalue weighted by Crippen LogP contribution is -2.37. The monoisotopic (exact) mass is 573 g/mol. The molecule has 5 heteroatoms. The second kappa shape index (κ2) is 15.1. The van der Waals surface area contributed by atoms with Crippen LogP contribution in [-0.4, -0.2) is 23.7 Å². The topological polar surface area (TPSA) is 67.8 Å². The molecule has 0 bridgehead atoms. The predicted octanol–water partition coefficient (Wildman–Crippen LogP) is 8.91. The minimum Gasteiger partial charge on any atom is -0.507 e. The van der Waals surface area contributed by atoms with Crippen molar-refractivity contribution in [2.45, 2.75) is 112 Å². The van der Waals surface area contributed by atoms with Crippen molar-refractivity contribution in [3.63, 3.8) is 0 Å². The molecule has 1 aliphatic heterocycles. The van der Waals surface area contributed by atoms with Gasteiger partial charge in [0.05, 0.1) is 7.11 Å². The summed E-state index contributed by atoms with van der Waals surface area (Å²) in [7, 11) is 1.64. The lowest BCUT2D eigenvalue weighted by atomic mass is 9.85. The molecule has 0 radical (unpaired) electrons. The van der Waals surface area contributed by atoms with Crippen LogP contribution in [0.15, 0.2) is 59.2 Å². The van der Waals surface area contributed by atoms with Crippen LogP contribution in [0.3, 0.4) is 0 Å². The molecule has 2 N–H and O–H groups in total. The SMILES string of the molecule is COc1cccc(CNC(=O)/C(C)=C/CC/C(C)=C/CC/C(C)=C/CC[C@]2(C)CCc3c(C)c(O)c(C)c(C)c3O2)c1. The Balaban J connectivity index is 1.39. The zero-order valence-electron chi connectivity index (χ0n) is 27.1. The maximum absolute atomic E-state index is 12.5. The smallest absolute Gasteiger partial charge is 0.246 e. The van der Waals surface area contributed by atoms with Gasteiger partial charge in [-0.1, -0.05) is 41.5 Å². The van der Waals surface area contributed by atoms with E-state index in [1.165, 1.54) is 16.7 Å². The van der Waals surface area contributed by atoms with E-state index in [2.05, 4.69) is 45.2 Å². The quantitative estimate of drug-likeness (QED) is 0.185. The van der Waals surface area contributed by atoms with Gasteiger partial charge in [-0.25, -0.2) is 0 Å². The van der Waals surface area contributed by atoms with Gasteiger partial charge < -0.3 is 19.9 Å². The Labute approximate surface area is 253 Å². The third kappa shape index (κ3) is 9.01. The van der Waals surface area contributed by atoms with Gasteiger partial charge in [-0.2, -0.15) is 0 Å². The van der Waals surface area contributed by atoms with Crippen LogP contribution in [-0.2, 0) is 17.8 Å². The molecule has 0 saturated carbocycles. The second-order valence-electron chi connectivity index (χ2n) is 12.2. The predicted molar refractivity (Wildman–Crippen MR) is 173 cm³/mol. The van der Waals surface area contributed by atoms with E-state index in [1.807, 2.05) is 51.1 Å². The van der Waals surface area contributed by atoms with E-state index in [9.17, 15) is 9.90 Å². The number of phenols is 1. The molecule has 2 aromatic rings. The first-order valence-electron chi connectivity index (χ1n) is 15.3. The zero-order valence-corrected chi connectivity index (χ0v) is 27.1. The van der Waals surface area contributed by atoms with E-state index >= 15 is 0 Å². The van der Waals surface area contributed by atoms with Gasteiger partial charge in [0, 0.05) is 17.7 Å². The Kier molecular flexibility index (Phi) is 11.9. The van der Waals surface area contributed by atoms with Crippen molar-refractivity contribution in [2.24, 2.45) is 0 Å². The Bertz CT molecular complexity index is 1350. The summed E-state index contributed by atoms with van der Waals surface area (Å²) < 4.78 is 11.8. The number of allylic oxidation sites excluding steroid dienone is 5.